The predicted molar refractivity (Wildman–Crippen MR) is 74.6 cm³/mol. The van der Waals surface area contributed by atoms with Crippen LogP contribution in [0.25, 0.3) is 0 Å². The van der Waals surface area contributed by atoms with Gasteiger partial charge in [-0.1, -0.05) is 11.6 Å². The molecule has 3 nitrogen and oxygen atoms in total. The summed E-state index contributed by atoms with van der Waals surface area (Å²) in [7, 11) is 0. The van der Waals surface area contributed by atoms with Crippen LogP contribution in [0.3, 0.4) is 0 Å². The molecule has 1 heterocycles. The summed E-state index contributed by atoms with van der Waals surface area (Å²) in [6.07, 6.45) is 0.104. The Balaban J connectivity index is 2.37. The minimum atomic E-state index is -1.00. The third-order valence-electron chi connectivity index (χ3n) is 3.28. The fraction of sp³-hybridized carbons (Fsp3) is 0.357. The number of aromatic nitrogens is 2. The normalized spacial score (nSPS) is 12.7. The van der Waals surface area contributed by atoms with Crippen molar-refractivity contribution in [3.8, 4) is 0 Å². The number of halogens is 4. The molecule has 0 saturated carbocycles. The third-order valence-corrected chi connectivity index (χ3v) is 3.77. The van der Waals surface area contributed by atoms with Crippen molar-refractivity contribution >= 4 is 11.6 Å². The second kappa shape index (κ2) is 6.07. The van der Waals surface area contributed by atoms with E-state index in [0.717, 1.165) is 0 Å². The lowest BCUT2D eigenvalue weighted by Gasteiger charge is -2.15. The van der Waals surface area contributed by atoms with E-state index in [4.69, 9.17) is 17.3 Å². The van der Waals surface area contributed by atoms with Crippen LogP contribution in [0.1, 0.15) is 29.9 Å². The van der Waals surface area contributed by atoms with Gasteiger partial charge in [0.1, 0.15) is 17.5 Å². The highest BCUT2D eigenvalue weighted by Gasteiger charge is 2.22. The second-order valence-electron chi connectivity index (χ2n) is 4.76. The van der Waals surface area contributed by atoms with Gasteiger partial charge in [-0.2, -0.15) is 5.10 Å². The van der Waals surface area contributed by atoms with Crippen LogP contribution in [0.15, 0.2) is 12.1 Å². The van der Waals surface area contributed by atoms with E-state index < -0.39 is 23.5 Å². The van der Waals surface area contributed by atoms with E-state index in [-0.39, 0.29) is 12.0 Å². The standard InChI is InChI=1S/C14H15ClF3N3/c1-3-21-12(14(15)7(2)20-21)6-11(19)13-9(17)4-8(16)5-10(13)18/h4-5,11H,3,6,19H2,1-2H3. The van der Waals surface area contributed by atoms with Gasteiger partial charge in [-0.15, -0.1) is 0 Å². The first-order valence-electron chi connectivity index (χ1n) is 6.46. The van der Waals surface area contributed by atoms with Crippen molar-refractivity contribution in [1.82, 2.24) is 9.78 Å². The molecular formula is C14H15ClF3N3. The Kier molecular flexibility index (Phi) is 4.58. The first kappa shape index (κ1) is 15.9. The quantitative estimate of drug-likeness (QED) is 0.937. The number of nitrogens with zero attached hydrogens (tertiary/aromatic N) is 2. The summed E-state index contributed by atoms with van der Waals surface area (Å²) in [4.78, 5) is 0. The molecule has 0 aliphatic heterocycles. The Labute approximate surface area is 125 Å². The van der Waals surface area contributed by atoms with Crippen LogP contribution in [0.5, 0.6) is 0 Å². The molecule has 7 heteroatoms. The van der Waals surface area contributed by atoms with E-state index >= 15 is 0 Å². The van der Waals surface area contributed by atoms with Crippen molar-refractivity contribution in [3.05, 3.63) is 51.6 Å². The lowest BCUT2D eigenvalue weighted by atomic mass is 10.0. The molecule has 0 spiro atoms. The van der Waals surface area contributed by atoms with Gasteiger partial charge < -0.3 is 5.73 Å². The molecule has 0 fully saturated rings. The van der Waals surface area contributed by atoms with Crippen molar-refractivity contribution in [2.24, 2.45) is 5.73 Å². The Morgan fingerprint density at radius 1 is 1.29 bits per heavy atom. The molecule has 0 radical (unpaired) electrons. The maximum atomic E-state index is 13.7. The van der Waals surface area contributed by atoms with Gasteiger partial charge in [0.2, 0.25) is 0 Å². The van der Waals surface area contributed by atoms with Crippen LogP contribution >= 0.6 is 11.6 Å². The number of nitrogens with two attached hydrogens (primary N) is 1. The molecule has 0 saturated heterocycles. The lowest BCUT2D eigenvalue weighted by molar-refractivity contribution is 0.494. The zero-order valence-corrected chi connectivity index (χ0v) is 12.4. The monoisotopic (exact) mass is 317 g/mol. The third kappa shape index (κ3) is 3.06. The smallest absolute Gasteiger partial charge is 0.133 e. The molecule has 1 unspecified atom stereocenters. The molecule has 2 rings (SSSR count). The summed E-state index contributed by atoms with van der Waals surface area (Å²) in [6, 6.07) is 0.245. The van der Waals surface area contributed by atoms with Gasteiger partial charge >= 0.3 is 0 Å². The number of aryl methyl sites for hydroxylation is 2. The molecule has 21 heavy (non-hydrogen) atoms. The molecular weight excluding hydrogens is 303 g/mol. The zero-order valence-electron chi connectivity index (χ0n) is 11.6. The Morgan fingerprint density at radius 3 is 2.38 bits per heavy atom. The van der Waals surface area contributed by atoms with Crippen molar-refractivity contribution in [3.63, 3.8) is 0 Å². The largest absolute Gasteiger partial charge is 0.323 e. The fourth-order valence-electron chi connectivity index (χ4n) is 2.28. The number of rotatable bonds is 4. The average Bonchev–Trinajstić information content (AvgIpc) is 2.65. The van der Waals surface area contributed by atoms with E-state index in [0.29, 0.717) is 35.1 Å². The van der Waals surface area contributed by atoms with Gasteiger partial charge in [-0.05, 0) is 13.8 Å². The van der Waals surface area contributed by atoms with Gasteiger partial charge in [-0.3, -0.25) is 4.68 Å². The molecule has 0 bridgehead atoms. The Morgan fingerprint density at radius 2 is 1.86 bits per heavy atom. The molecule has 2 aromatic rings. The lowest BCUT2D eigenvalue weighted by Crippen LogP contribution is -2.19. The SMILES string of the molecule is CCn1nc(C)c(Cl)c1CC(N)c1c(F)cc(F)cc1F. The topological polar surface area (TPSA) is 43.8 Å². The minimum Gasteiger partial charge on any atom is -0.323 e. The molecule has 1 aromatic carbocycles. The zero-order chi connectivity index (χ0) is 15.7. The van der Waals surface area contributed by atoms with E-state index in [2.05, 4.69) is 5.10 Å². The van der Waals surface area contributed by atoms with Gasteiger partial charge in [-0.25, -0.2) is 13.2 Å². The fourth-order valence-corrected chi connectivity index (χ4v) is 2.49. The Bertz CT molecular complexity index is 647. The highest BCUT2D eigenvalue weighted by Crippen LogP contribution is 2.28. The van der Waals surface area contributed by atoms with Gasteiger partial charge in [0.05, 0.1) is 16.4 Å². The van der Waals surface area contributed by atoms with Crippen LogP contribution in [0, 0.1) is 24.4 Å². The average molecular weight is 318 g/mol. The molecule has 114 valence electrons. The summed E-state index contributed by atoms with van der Waals surface area (Å²) >= 11 is 6.14. The van der Waals surface area contributed by atoms with E-state index in [1.807, 2.05) is 6.92 Å². The maximum absolute atomic E-state index is 13.7. The molecule has 1 atom stereocenters. The van der Waals surface area contributed by atoms with Crippen LogP contribution < -0.4 is 5.73 Å². The van der Waals surface area contributed by atoms with Gasteiger partial charge in [0.15, 0.2) is 0 Å². The van der Waals surface area contributed by atoms with Crippen molar-refractivity contribution in [2.45, 2.75) is 32.9 Å². The maximum Gasteiger partial charge on any atom is 0.133 e. The van der Waals surface area contributed by atoms with Gasteiger partial charge in [0.25, 0.3) is 0 Å². The van der Waals surface area contributed by atoms with Crippen molar-refractivity contribution in [1.29, 1.82) is 0 Å². The highest BCUT2D eigenvalue weighted by atomic mass is 35.5. The summed E-state index contributed by atoms with van der Waals surface area (Å²) in [5.41, 5.74) is 6.76. The van der Waals surface area contributed by atoms with Crippen LogP contribution in [0.2, 0.25) is 5.02 Å². The summed E-state index contributed by atoms with van der Waals surface area (Å²) in [6.45, 7) is 4.17. The summed E-state index contributed by atoms with van der Waals surface area (Å²) < 4.78 is 42.0. The van der Waals surface area contributed by atoms with Gasteiger partial charge in [0, 0.05) is 36.7 Å². The van der Waals surface area contributed by atoms with E-state index in [1.54, 1.807) is 11.6 Å². The highest BCUT2D eigenvalue weighted by molar-refractivity contribution is 6.31. The van der Waals surface area contributed by atoms with E-state index in [9.17, 15) is 13.2 Å². The second-order valence-corrected chi connectivity index (χ2v) is 5.13. The van der Waals surface area contributed by atoms with Crippen LogP contribution in [-0.4, -0.2) is 9.78 Å². The molecule has 0 aliphatic carbocycles. The van der Waals surface area contributed by atoms with Crippen LogP contribution in [0.4, 0.5) is 13.2 Å². The predicted octanol–water partition coefficient (Wildman–Crippen LogP) is 3.52. The molecule has 2 N–H and O–H groups in total. The van der Waals surface area contributed by atoms with Crippen LogP contribution in [-0.2, 0) is 13.0 Å². The van der Waals surface area contributed by atoms with E-state index in [1.165, 1.54) is 0 Å². The summed E-state index contributed by atoms with van der Waals surface area (Å²) in [5.74, 6) is -2.99. The van der Waals surface area contributed by atoms with Crippen molar-refractivity contribution < 1.29 is 13.2 Å². The minimum absolute atomic E-state index is 0.104. The van der Waals surface area contributed by atoms with Crippen molar-refractivity contribution in [2.75, 3.05) is 0 Å². The molecule has 1 aromatic heterocycles. The first-order chi connectivity index (χ1) is 9.85. The molecule has 0 aliphatic rings. The number of hydrogen-bond donors (Lipinski definition) is 1. The molecule has 0 amide bonds. The first-order valence-corrected chi connectivity index (χ1v) is 6.84. The Hall–Kier alpha value is -1.53. The number of hydrogen-bond acceptors (Lipinski definition) is 2. The number of benzene rings is 1. The summed E-state index contributed by atoms with van der Waals surface area (Å²) in [5, 5.41) is 4.64.